The minimum Gasteiger partial charge on any atom is -0.352 e. The Balaban J connectivity index is 0.000000458. The van der Waals surface area contributed by atoms with Crippen molar-refractivity contribution in [3.05, 3.63) is 106 Å². The van der Waals surface area contributed by atoms with Gasteiger partial charge in [-0.3, -0.25) is 4.79 Å². The number of nitrogens with one attached hydrogen (secondary N) is 2. The van der Waals surface area contributed by atoms with Gasteiger partial charge in [-0.15, -0.1) is 6.42 Å². The van der Waals surface area contributed by atoms with Crippen LogP contribution in [0.1, 0.15) is 77.7 Å². The van der Waals surface area contributed by atoms with Gasteiger partial charge in [-0.25, -0.2) is 8.78 Å². The van der Waals surface area contributed by atoms with E-state index in [0.717, 1.165) is 61.7 Å². The fourth-order valence-corrected chi connectivity index (χ4v) is 4.97. The first kappa shape index (κ1) is 33.0. The van der Waals surface area contributed by atoms with Crippen molar-refractivity contribution in [2.24, 2.45) is 5.92 Å². The van der Waals surface area contributed by atoms with Gasteiger partial charge in [0.2, 0.25) is 0 Å². The molecule has 0 aromatic heterocycles. The molecule has 4 nitrogen and oxygen atoms in total. The Kier molecular flexibility index (Phi) is 12.3. The Morgan fingerprint density at radius 1 is 1.00 bits per heavy atom. The number of nitrogens with zero attached hydrogens (tertiary/aromatic N) is 1. The second-order valence-electron chi connectivity index (χ2n) is 11.9. The Morgan fingerprint density at radius 2 is 1.69 bits per heavy atom. The summed E-state index contributed by atoms with van der Waals surface area (Å²) in [6.07, 6.45) is 9.88. The van der Waals surface area contributed by atoms with Gasteiger partial charge >= 0.3 is 0 Å². The van der Waals surface area contributed by atoms with Crippen molar-refractivity contribution in [3.8, 4) is 12.3 Å². The molecule has 0 spiro atoms. The first-order valence-corrected chi connectivity index (χ1v) is 14.8. The van der Waals surface area contributed by atoms with Gasteiger partial charge in [0.05, 0.1) is 0 Å². The number of carbonyl (C=O) groups excluding carboxylic acids is 1. The van der Waals surface area contributed by atoms with E-state index in [1.165, 1.54) is 29.7 Å². The molecule has 3 aromatic carbocycles. The average molecular weight is 574 g/mol. The monoisotopic (exact) mass is 573 g/mol. The molecule has 1 fully saturated rings. The molecular weight excluding hydrogens is 528 g/mol. The van der Waals surface area contributed by atoms with Gasteiger partial charge in [0.15, 0.2) is 0 Å². The van der Waals surface area contributed by atoms with Crippen molar-refractivity contribution < 1.29 is 13.6 Å². The van der Waals surface area contributed by atoms with E-state index >= 15 is 0 Å². The van der Waals surface area contributed by atoms with Crippen molar-refractivity contribution in [2.75, 3.05) is 26.7 Å². The maximum Gasteiger partial charge on any atom is 0.251 e. The molecule has 1 saturated carbocycles. The smallest absolute Gasteiger partial charge is 0.251 e. The molecule has 1 aliphatic carbocycles. The third kappa shape index (κ3) is 10.7. The van der Waals surface area contributed by atoms with Crippen LogP contribution >= 0.6 is 0 Å². The highest BCUT2D eigenvalue weighted by Gasteiger charge is 2.43. The Labute approximate surface area is 250 Å². The molecule has 0 aliphatic heterocycles. The fraction of sp³-hybridized carbons (Fsp3) is 0.417. The van der Waals surface area contributed by atoms with Gasteiger partial charge in [-0.1, -0.05) is 43.5 Å². The summed E-state index contributed by atoms with van der Waals surface area (Å²) in [5, 5.41) is 6.78. The van der Waals surface area contributed by atoms with Crippen LogP contribution in [0.25, 0.3) is 0 Å². The Morgan fingerprint density at radius 3 is 2.31 bits per heavy atom. The van der Waals surface area contributed by atoms with Crippen molar-refractivity contribution in [1.82, 2.24) is 15.5 Å². The first-order valence-electron chi connectivity index (χ1n) is 14.8. The van der Waals surface area contributed by atoms with Crippen LogP contribution in [0.5, 0.6) is 0 Å². The molecule has 224 valence electrons. The van der Waals surface area contributed by atoms with Gasteiger partial charge in [-0.05, 0) is 119 Å². The van der Waals surface area contributed by atoms with Crippen LogP contribution in [0.15, 0.2) is 60.7 Å². The number of rotatable bonds is 12. The number of hydrogen-bond acceptors (Lipinski definition) is 3. The Hall–Kier alpha value is -3.53. The van der Waals surface area contributed by atoms with Crippen LogP contribution in [0.3, 0.4) is 0 Å². The van der Waals surface area contributed by atoms with Gasteiger partial charge in [-0.2, -0.15) is 0 Å². The topological polar surface area (TPSA) is 44.4 Å². The zero-order valence-electron chi connectivity index (χ0n) is 25.7. The van der Waals surface area contributed by atoms with Crippen molar-refractivity contribution in [3.63, 3.8) is 0 Å². The highest BCUT2D eigenvalue weighted by atomic mass is 19.1. The molecule has 4 rings (SSSR count). The first-order chi connectivity index (χ1) is 20.0. The summed E-state index contributed by atoms with van der Waals surface area (Å²) in [6.45, 7) is 11.6. The molecule has 0 bridgehead atoms. The molecule has 0 atom stereocenters. The fourth-order valence-electron chi connectivity index (χ4n) is 4.97. The second kappa shape index (κ2) is 15.6. The molecule has 0 saturated heterocycles. The van der Waals surface area contributed by atoms with E-state index in [2.05, 4.69) is 67.5 Å². The molecule has 3 aromatic rings. The minimum atomic E-state index is -0.521. The number of benzene rings is 3. The predicted molar refractivity (Wildman–Crippen MR) is 168 cm³/mol. The number of aryl methyl sites for hydroxylation is 2. The van der Waals surface area contributed by atoms with Gasteiger partial charge in [0.1, 0.15) is 11.6 Å². The van der Waals surface area contributed by atoms with E-state index < -0.39 is 11.6 Å². The summed E-state index contributed by atoms with van der Waals surface area (Å²) >= 11 is 0. The lowest BCUT2D eigenvalue weighted by Gasteiger charge is -2.19. The highest BCUT2D eigenvalue weighted by Crippen LogP contribution is 2.45. The molecule has 0 unspecified atom stereocenters. The number of halogens is 2. The number of carbonyl (C=O) groups is 1. The van der Waals surface area contributed by atoms with Crippen molar-refractivity contribution >= 4 is 5.91 Å². The lowest BCUT2D eigenvalue weighted by molar-refractivity contribution is 0.0953. The lowest BCUT2D eigenvalue weighted by Crippen LogP contribution is -2.33. The number of hydrogen-bond donors (Lipinski definition) is 2. The molecule has 0 heterocycles. The van der Waals surface area contributed by atoms with Gasteiger partial charge in [0, 0.05) is 35.8 Å². The number of amides is 1. The SMILES string of the molecule is C#Cc1cccc(C2(NCCCNC(=O)c3cc(C)cc(CN(C)CCC(C)C)c3)CC2)c1.Cc1cc(F)cc(F)c1. The van der Waals surface area contributed by atoms with Crippen LogP contribution in [0.2, 0.25) is 0 Å². The maximum absolute atomic E-state index is 12.8. The van der Waals surface area contributed by atoms with Gasteiger partial charge < -0.3 is 15.5 Å². The number of terminal acetylenes is 1. The molecule has 42 heavy (non-hydrogen) atoms. The van der Waals surface area contributed by atoms with E-state index in [0.29, 0.717) is 18.0 Å². The van der Waals surface area contributed by atoms with E-state index in [1.807, 2.05) is 24.3 Å². The third-order valence-electron chi connectivity index (χ3n) is 7.38. The van der Waals surface area contributed by atoms with Crippen molar-refractivity contribution in [2.45, 2.75) is 65.5 Å². The Bertz CT molecular complexity index is 1320. The van der Waals surface area contributed by atoms with E-state index in [1.54, 1.807) is 6.92 Å². The zero-order chi connectivity index (χ0) is 30.7. The molecule has 1 amide bonds. The largest absolute Gasteiger partial charge is 0.352 e. The van der Waals surface area contributed by atoms with Crippen LogP contribution < -0.4 is 10.6 Å². The highest BCUT2D eigenvalue weighted by molar-refractivity contribution is 5.94. The van der Waals surface area contributed by atoms with E-state index in [-0.39, 0.29) is 11.4 Å². The molecule has 2 N–H and O–H groups in total. The predicted octanol–water partition coefficient (Wildman–Crippen LogP) is 7.13. The normalized spacial score (nSPS) is 13.3. The molecule has 1 aliphatic rings. The summed E-state index contributed by atoms with van der Waals surface area (Å²) in [6, 6.07) is 17.9. The lowest BCUT2D eigenvalue weighted by atomic mass is 10.0. The summed E-state index contributed by atoms with van der Waals surface area (Å²) in [7, 11) is 2.15. The van der Waals surface area contributed by atoms with E-state index in [9.17, 15) is 13.6 Å². The van der Waals surface area contributed by atoms with Crippen molar-refractivity contribution in [1.29, 1.82) is 0 Å². The zero-order valence-corrected chi connectivity index (χ0v) is 25.7. The molecule has 0 radical (unpaired) electrons. The molecular formula is C36H45F2N3O. The second-order valence-corrected chi connectivity index (χ2v) is 11.9. The maximum atomic E-state index is 12.8. The van der Waals surface area contributed by atoms with Crippen LogP contribution in [0, 0.1) is 43.7 Å². The summed E-state index contributed by atoms with van der Waals surface area (Å²) in [5.74, 6) is 2.39. The van der Waals surface area contributed by atoms with Crippen LogP contribution in [-0.2, 0) is 12.1 Å². The summed E-state index contributed by atoms with van der Waals surface area (Å²) in [4.78, 5) is 15.1. The average Bonchev–Trinajstić information content (AvgIpc) is 3.72. The third-order valence-corrected chi connectivity index (χ3v) is 7.38. The van der Waals surface area contributed by atoms with Gasteiger partial charge in [0.25, 0.3) is 5.91 Å². The van der Waals surface area contributed by atoms with E-state index in [4.69, 9.17) is 6.42 Å². The minimum absolute atomic E-state index is 0.00707. The molecule has 6 heteroatoms. The summed E-state index contributed by atoms with van der Waals surface area (Å²) in [5.41, 5.74) is 5.93. The summed E-state index contributed by atoms with van der Waals surface area (Å²) < 4.78 is 24.4. The van der Waals surface area contributed by atoms with Crippen LogP contribution in [-0.4, -0.2) is 37.5 Å². The standard InChI is InChI=1S/C29H39N3O.C7H6F2/c1-6-24-9-7-10-27(20-24)29(12-13-29)31-15-8-14-30-28(33)26-18-23(4)17-25(19-26)21-32(5)16-11-22(2)3;1-5-2-6(8)4-7(9)3-5/h1,7,9-10,17-20,22,31H,8,11-16,21H2,2-5H3,(H,30,33);2-4H,1H3. The van der Waals surface area contributed by atoms with Crippen LogP contribution in [0.4, 0.5) is 8.78 Å². The quantitative estimate of drug-likeness (QED) is 0.179.